The second-order valence-electron chi connectivity index (χ2n) is 6.75. The monoisotopic (exact) mass is 441 g/mol. The molecule has 160 valence electrons. The summed E-state index contributed by atoms with van der Waals surface area (Å²) in [5, 5.41) is 2.95. The van der Waals surface area contributed by atoms with Gasteiger partial charge in [0, 0.05) is 25.2 Å². The lowest BCUT2D eigenvalue weighted by molar-refractivity contribution is 0.0949. The van der Waals surface area contributed by atoms with Crippen LogP contribution in [0.4, 0.5) is 0 Å². The number of amides is 1. The van der Waals surface area contributed by atoms with Gasteiger partial charge >= 0.3 is 0 Å². The number of ether oxygens (including phenoxy) is 2. The van der Waals surface area contributed by atoms with E-state index in [9.17, 15) is 4.79 Å². The number of benzene rings is 2. The first-order chi connectivity index (χ1) is 13.2. The number of hydrogen-bond acceptors (Lipinski definition) is 5. The fourth-order valence-corrected chi connectivity index (χ4v) is 3.01. The quantitative estimate of drug-likeness (QED) is 0.625. The summed E-state index contributed by atoms with van der Waals surface area (Å²) in [5.74, 6) is 1.21. The average molecular weight is 442 g/mol. The summed E-state index contributed by atoms with van der Waals surface area (Å²) in [7, 11) is 2.07. The molecular weight excluding hydrogens is 413 g/mol. The summed E-state index contributed by atoms with van der Waals surface area (Å²) in [6, 6.07) is 13.7. The number of carbonyl (C=O) groups is 1. The molecule has 8 heteroatoms. The number of likely N-dealkylation sites (N-methyl/N-ethyl adjacent to an activating group) is 1. The Kier molecular flexibility index (Phi) is 10.8. The van der Waals surface area contributed by atoms with E-state index in [1.807, 2.05) is 0 Å². The van der Waals surface area contributed by atoms with E-state index in [2.05, 4.69) is 41.5 Å². The Hall–Kier alpha value is -1.99. The van der Waals surface area contributed by atoms with Crippen LogP contribution in [0.3, 0.4) is 0 Å². The lowest BCUT2D eigenvalue weighted by atomic mass is 10.1. The van der Waals surface area contributed by atoms with Crippen molar-refractivity contribution >= 4 is 30.7 Å². The van der Waals surface area contributed by atoms with Gasteiger partial charge in [-0.2, -0.15) is 0 Å². The van der Waals surface area contributed by atoms with Gasteiger partial charge in [-0.1, -0.05) is 24.3 Å². The van der Waals surface area contributed by atoms with Crippen molar-refractivity contribution in [3.8, 4) is 11.5 Å². The molecule has 0 bridgehead atoms. The van der Waals surface area contributed by atoms with Gasteiger partial charge in [-0.25, -0.2) is 0 Å². The first kappa shape index (κ1) is 25.0. The van der Waals surface area contributed by atoms with Crippen LogP contribution in [0.2, 0.25) is 0 Å². The third-order valence-corrected chi connectivity index (χ3v) is 4.68. The van der Waals surface area contributed by atoms with Crippen LogP contribution in [0.15, 0.2) is 42.5 Å². The van der Waals surface area contributed by atoms with E-state index >= 15 is 0 Å². The number of halogens is 2. The van der Waals surface area contributed by atoms with Crippen LogP contribution in [0.25, 0.3) is 0 Å². The average Bonchev–Trinajstić information content (AvgIpc) is 3.16. The molecule has 3 N–H and O–H groups in total. The van der Waals surface area contributed by atoms with Crippen molar-refractivity contribution in [2.75, 3.05) is 33.5 Å². The fourth-order valence-electron chi connectivity index (χ4n) is 3.01. The predicted octanol–water partition coefficient (Wildman–Crippen LogP) is 3.01. The van der Waals surface area contributed by atoms with Gasteiger partial charge in [0.15, 0.2) is 11.5 Å². The number of nitrogens with two attached hydrogens (primary N) is 1. The van der Waals surface area contributed by atoms with Gasteiger partial charge in [0.25, 0.3) is 5.91 Å². The lowest BCUT2D eigenvalue weighted by Gasteiger charge is -2.17. The Morgan fingerprint density at radius 2 is 1.72 bits per heavy atom. The maximum atomic E-state index is 12.2. The normalized spacial score (nSPS) is 11.6. The summed E-state index contributed by atoms with van der Waals surface area (Å²) in [5.41, 5.74) is 8.70. The number of nitrogens with one attached hydrogen (secondary N) is 1. The topological polar surface area (TPSA) is 76.8 Å². The van der Waals surface area contributed by atoms with Crippen molar-refractivity contribution < 1.29 is 14.3 Å². The van der Waals surface area contributed by atoms with Crippen molar-refractivity contribution in [3.05, 3.63) is 59.2 Å². The molecule has 0 unspecified atom stereocenters. The molecule has 1 amide bonds. The van der Waals surface area contributed by atoms with Gasteiger partial charge in [-0.15, -0.1) is 24.8 Å². The Morgan fingerprint density at radius 3 is 2.45 bits per heavy atom. The summed E-state index contributed by atoms with van der Waals surface area (Å²) < 4.78 is 10.6. The van der Waals surface area contributed by atoms with Gasteiger partial charge < -0.3 is 25.4 Å². The second-order valence-corrected chi connectivity index (χ2v) is 6.75. The molecule has 0 atom stereocenters. The Balaban J connectivity index is 0.00000210. The van der Waals surface area contributed by atoms with Gasteiger partial charge in [0.05, 0.1) is 0 Å². The fraction of sp³-hybridized carbons (Fsp3) is 0.381. The molecule has 1 aliphatic rings. The summed E-state index contributed by atoms with van der Waals surface area (Å²) >= 11 is 0. The predicted molar refractivity (Wildman–Crippen MR) is 120 cm³/mol. The van der Waals surface area contributed by atoms with E-state index in [-0.39, 0.29) is 37.5 Å². The maximum absolute atomic E-state index is 12.2. The van der Waals surface area contributed by atoms with Crippen LogP contribution in [0.1, 0.15) is 27.9 Å². The molecule has 2 aromatic carbocycles. The molecular formula is C21H29Cl2N3O3. The van der Waals surface area contributed by atoms with E-state index in [4.69, 9.17) is 15.2 Å². The van der Waals surface area contributed by atoms with E-state index in [0.29, 0.717) is 30.2 Å². The zero-order chi connectivity index (χ0) is 19.1. The molecule has 0 aliphatic carbocycles. The molecule has 3 rings (SSSR count). The highest BCUT2D eigenvalue weighted by atomic mass is 35.5. The first-order valence-corrected chi connectivity index (χ1v) is 9.30. The molecule has 29 heavy (non-hydrogen) atoms. The maximum Gasteiger partial charge on any atom is 0.251 e. The van der Waals surface area contributed by atoms with Gasteiger partial charge in [-0.3, -0.25) is 4.79 Å². The van der Waals surface area contributed by atoms with Crippen LogP contribution < -0.4 is 20.5 Å². The summed E-state index contributed by atoms with van der Waals surface area (Å²) in [4.78, 5) is 14.5. The smallest absolute Gasteiger partial charge is 0.251 e. The molecule has 6 nitrogen and oxygen atoms in total. The molecule has 0 fully saturated rings. The highest BCUT2D eigenvalue weighted by molar-refractivity contribution is 5.94. The third kappa shape index (κ3) is 7.40. The first-order valence-electron chi connectivity index (χ1n) is 9.30. The minimum atomic E-state index is -0.0957. The number of hydrogen-bond donors (Lipinski definition) is 2. The van der Waals surface area contributed by atoms with Gasteiger partial charge in [-0.05, 0) is 55.8 Å². The molecule has 0 saturated carbocycles. The Labute approximate surface area is 184 Å². The molecule has 0 radical (unpaired) electrons. The largest absolute Gasteiger partial charge is 0.454 e. The van der Waals surface area contributed by atoms with Crippen LogP contribution in [-0.2, 0) is 13.0 Å². The highest BCUT2D eigenvalue weighted by Gasteiger charge is 2.16. The SMILES string of the molecule is CN(CCCc1ccc(CN)cc1)CCNC(=O)c1ccc2c(c1)OCO2.Cl.Cl. The lowest BCUT2D eigenvalue weighted by Crippen LogP contribution is -2.33. The molecule has 0 aromatic heterocycles. The molecule has 2 aromatic rings. The van der Waals surface area contributed by atoms with Crippen molar-refractivity contribution in [2.45, 2.75) is 19.4 Å². The van der Waals surface area contributed by atoms with Crippen LogP contribution in [0.5, 0.6) is 11.5 Å². The highest BCUT2D eigenvalue weighted by Crippen LogP contribution is 2.32. The third-order valence-electron chi connectivity index (χ3n) is 4.68. The minimum Gasteiger partial charge on any atom is -0.454 e. The van der Waals surface area contributed by atoms with Gasteiger partial charge in [0.2, 0.25) is 6.79 Å². The van der Waals surface area contributed by atoms with Crippen LogP contribution in [0, 0.1) is 0 Å². The zero-order valence-corrected chi connectivity index (χ0v) is 18.2. The number of carbonyl (C=O) groups excluding carboxylic acids is 1. The number of aryl methyl sites for hydroxylation is 1. The molecule has 1 heterocycles. The Bertz CT molecular complexity index is 772. The summed E-state index contributed by atoms with van der Waals surface area (Å²) in [6.07, 6.45) is 2.12. The Morgan fingerprint density at radius 1 is 1.03 bits per heavy atom. The van der Waals surface area contributed by atoms with Crippen LogP contribution >= 0.6 is 24.8 Å². The summed E-state index contributed by atoms with van der Waals surface area (Å²) in [6.45, 7) is 3.19. The zero-order valence-electron chi connectivity index (χ0n) is 16.6. The number of fused-ring (bicyclic) bond motifs is 1. The standard InChI is InChI=1S/C21H27N3O3.2ClH/c1-24(11-2-3-16-4-6-17(14-22)7-5-16)12-10-23-21(25)18-8-9-19-20(13-18)27-15-26-19;;/h4-9,13H,2-3,10-12,14-15,22H2,1H3,(H,23,25);2*1H. The number of nitrogens with zero attached hydrogens (tertiary/aromatic N) is 1. The second kappa shape index (κ2) is 12.5. The van der Waals surface area contributed by atoms with E-state index < -0.39 is 0 Å². The minimum absolute atomic E-state index is 0. The van der Waals surface area contributed by atoms with Crippen molar-refractivity contribution in [1.29, 1.82) is 0 Å². The van der Waals surface area contributed by atoms with Gasteiger partial charge in [0.1, 0.15) is 0 Å². The van der Waals surface area contributed by atoms with E-state index in [1.165, 1.54) is 5.56 Å². The van der Waals surface area contributed by atoms with E-state index in [0.717, 1.165) is 31.5 Å². The van der Waals surface area contributed by atoms with Crippen molar-refractivity contribution in [3.63, 3.8) is 0 Å². The molecule has 1 aliphatic heterocycles. The molecule has 0 spiro atoms. The molecule has 0 saturated heterocycles. The van der Waals surface area contributed by atoms with Crippen molar-refractivity contribution in [1.82, 2.24) is 10.2 Å². The van der Waals surface area contributed by atoms with E-state index in [1.54, 1.807) is 18.2 Å². The van der Waals surface area contributed by atoms with Crippen LogP contribution in [-0.4, -0.2) is 44.3 Å². The number of rotatable bonds is 9. The van der Waals surface area contributed by atoms with Crippen molar-refractivity contribution in [2.24, 2.45) is 5.73 Å².